The van der Waals surface area contributed by atoms with E-state index >= 15 is 0 Å². The quantitative estimate of drug-likeness (QED) is 0.521. The highest BCUT2D eigenvalue weighted by Gasteiger charge is 2.25. The molecule has 0 aliphatic carbocycles. The van der Waals surface area contributed by atoms with Crippen LogP contribution < -0.4 is 5.32 Å². The molecule has 4 aromatic rings. The molecular formula is C27H25N5O. The Bertz CT molecular complexity index is 1360. The molecule has 0 radical (unpaired) electrons. The van der Waals surface area contributed by atoms with Gasteiger partial charge in [0.1, 0.15) is 5.82 Å². The Labute approximate surface area is 193 Å². The number of hydrogen-bond acceptors (Lipinski definition) is 4. The summed E-state index contributed by atoms with van der Waals surface area (Å²) in [4.78, 5) is 20.1. The summed E-state index contributed by atoms with van der Waals surface area (Å²) >= 11 is 0. The monoisotopic (exact) mass is 435 g/mol. The number of aromatic nitrogens is 2. The number of nitrogens with one attached hydrogen (secondary N) is 1. The summed E-state index contributed by atoms with van der Waals surface area (Å²) in [5.74, 6) is 0.814. The molecule has 1 saturated heterocycles. The van der Waals surface area contributed by atoms with E-state index in [1.807, 2.05) is 35.2 Å². The van der Waals surface area contributed by atoms with Gasteiger partial charge in [0.15, 0.2) is 0 Å². The first kappa shape index (κ1) is 20.9. The smallest absolute Gasteiger partial charge is 0.254 e. The number of hydrogen-bond donors (Lipinski definition) is 1. The number of aryl methyl sites for hydroxylation is 1. The minimum absolute atomic E-state index is 0.0377. The number of nitrogens with zero attached hydrogens (tertiary/aromatic N) is 4. The fourth-order valence-corrected chi connectivity index (χ4v) is 4.36. The molecule has 1 aliphatic rings. The molecule has 33 heavy (non-hydrogen) atoms. The Balaban J connectivity index is 1.64. The van der Waals surface area contributed by atoms with E-state index in [-0.39, 0.29) is 11.9 Å². The van der Waals surface area contributed by atoms with Gasteiger partial charge in [-0.1, -0.05) is 17.7 Å². The highest BCUT2D eigenvalue weighted by molar-refractivity contribution is 5.98. The number of rotatable bonds is 3. The largest absolute Gasteiger partial charge is 0.333 e. The number of benzene rings is 3. The standard InChI is InChI=1S/C27H25N5O/c1-18-3-10-23(11-4-18)32-25-12-9-22(27(33)31-14-13-29-17-19(31)2)15-24(25)30-26(32)21-7-5-20(16-28)6-8-21/h3-12,15,19,29H,13-14,17H2,1-2H3/t19-/m0/s1. The number of imidazole rings is 1. The Hall–Kier alpha value is -3.95. The van der Waals surface area contributed by atoms with Crippen LogP contribution in [-0.2, 0) is 0 Å². The normalized spacial score (nSPS) is 16.0. The maximum absolute atomic E-state index is 13.2. The number of carbonyl (C=O) groups is 1. The van der Waals surface area contributed by atoms with Crippen LogP contribution in [0.2, 0.25) is 0 Å². The van der Waals surface area contributed by atoms with Crippen LogP contribution in [0.5, 0.6) is 0 Å². The van der Waals surface area contributed by atoms with Crippen molar-refractivity contribution in [3.05, 3.63) is 83.4 Å². The lowest BCUT2D eigenvalue weighted by Gasteiger charge is -2.34. The topological polar surface area (TPSA) is 74.0 Å². The Morgan fingerprint density at radius 3 is 2.55 bits per heavy atom. The summed E-state index contributed by atoms with van der Waals surface area (Å²) in [6.07, 6.45) is 0. The van der Waals surface area contributed by atoms with Crippen molar-refractivity contribution in [1.29, 1.82) is 5.26 Å². The van der Waals surface area contributed by atoms with Gasteiger partial charge >= 0.3 is 0 Å². The zero-order valence-corrected chi connectivity index (χ0v) is 18.7. The lowest BCUT2D eigenvalue weighted by atomic mass is 10.1. The van der Waals surface area contributed by atoms with Crippen LogP contribution in [0.1, 0.15) is 28.4 Å². The van der Waals surface area contributed by atoms with Crippen molar-refractivity contribution in [2.45, 2.75) is 19.9 Å². The lowest BCUT2D eigenvalue weighted by molar-refractivity contribution is 0.0656. The summed E-state index contributed by atoms with van der Waals surface area (Å²) in [5, 5.41) is 12.5. The second-order valence-electron chi connectivity index (χ2n) is 8.55. The SMILES string of the molecule is Cc1ccc(-n2c(-c3ccc(C#N)cc3)nc3cc(C(=O)N4CCNC[C@@H]4C)ccc32)cc1. The zero-order valence-electron chi connectivity index (χ0n) is 18.7. The molecule has 1 aromatic heterocycles. The van der Waals surface area contributed by atoms with Gasteiger partial charge in [-0.15, -0.1) is 0 Å². The minimum atomic E-state index is 0.0377. The molecule has 0 bridgehead atoms. The number of carbonyl (C=O) groups excluding carboxylic acids is 1. The maximum atomic E-state index is 13.2. The van der Waals surface area contributed by atoms with Gasteiger partial charge in [-0.3, -0.25) is 9.36 Å². The number of piperazine rings is 1. The zero-order chi connectivity index (χ0) is 22.9. The Morgan fingerprint density at radius 1 is 1.09 bits per heavy atom. The molecule has 0 saturated carbocycles. The first-order valence-corrected chi connectivity index (χ1v) is 11.2. The highest BCUT2D eigenvalue weighted by Crippen LogP contribution is 2.30. The van der Waals surface area contributed by atoms with Gasteiger partial charge in [0.25, 0.3) is 5.91 Å². The van der Waals surface area contributed by atoms with Crippen LogP contribution in [0, 0.1) is 18.3 Å². The van der Waals surface area contributed by atoms with Gasteiger partial charge in [0, 0.05) is 42.5 Å². The van der Waals surface area contributed by atoms with Gasteiger partial charge < -0.3 is 10.2 Å². The first-order valence-electron chi connectivity index (χ1n) is 11.2. The third-order valence-corrected chi connectivity index (χ3v) is 6.23. The molecule has 6 nitrogen and oxygen atoms in total. The summed E-state index contributed by atoms with van der Waals surface area (Å²) in [5.41, 5.74) is 6.05. The third kappa shape index (κ3) is 3.88. The summed E-state index contributed by atoms with van der Waals surface area (Å²) in [6.45, 7) is 6.44. The predicted octanol–water partition coefficient (Wildman–Crippen LogP) is 4.31. The van der Waals surface area contributed by atoms with Crippen molar-refractivity contribution in [2.75, 3.05) is 19.6 Å². The third-order valence-electron chi connectivity index (χ3n) is 6.23. The van der Waals surface area contributed by atoms with Crippen molar-refractivity contribution in [1.82, 2.24) is 19.8 Å². The maximum Gasteiger partial charge on any atom is 0.254 e. The van der Waals surface area contributed by atoms with Gasteiger partial charge in [-0.05, 0) is 68.4 Å². The number of fused-ring (bicyclic) bond motifs is 1. The van der Waals surface area contributed by atoms with E-state index in [1.54, 1.807) is 12.1 Å². The fourth-order valence-electron chi connectivity index (χ4n) is 4.36. The molecule has 5 rings (SSSR count). The lowest BCUT2D eigenvalue weighted by Crippen LogP contribution is -2.52. The summed E-state index contributed by atoms with van der Waals surface area (Å²) < 4.78 is 2.11. The molecule has 1 amide bonds. The second-order valence-corrected chi connectivity index (χ2v) is 8.55. The molecule has 1 fully saturated rings. The Morgan fingerprint density at radius 2 is 1.85 bits per heavy atom. The average molecular weight is 436 g/mol. The van der Waals surface area contributed by atoms with Gasteiger partial charge in [0.05, 0.1) is 22.7 Å². The molecule has 2 heterocycles. The van der Waals surface area contributed by atoms with Crippen molar-refractivity contribution in [3.63, 3.8) is 0 Å². The molecule has 1 aliphatic heterocycles. The van der Waals surface area contributed by atoms with E-state index in [0.29, 0.717) is 17.7 Å². The van der Waals surface area contributed by atoms with E-state index in [9.17, 15) is 4.79 Å². The van der Waals surface area contributed by atoms with Crippen molar-refractivity contribution in [2.24, 2.45) is 0 Å². The Kier molecular flexibility index (Phi) is 5.41. The molecule has 1 atom stereocenters. The van der Waals surface area contributed by atoms with Crippen molar-refractivity contribution in [3.8, 4) is 23.1 Å². The average Bonchev–Trinajstić information content (AvgIpc) is 3.23. The molecular weight excluding hydrogens is 410 g/mol. The van der Waals surface area contributed by atoms with Crippen LogP contribution >= 0.6 is 0 Å². The molecule has 3 aromatic carbocycles. The molecule has 0 unspecified atom stereocenters. The van der Waals surface area contributed by atoms with Crippen LogP contribution in [0.4, 0.5) is 0 Å². The van der Waals surface area contributed by atoms with Crippen LogP contribution in [0.25, 0.3) is 28.1 Å². The molecule has 6 heteroatoms. The van der Waals surface area contributed by atoms with E-state index in [1.165, 1.54) is 5.56 Å². The molecule has 164 valence electrons. The number of amides is 1. The number of nitriles is 1. The van der Waals surface area contributed by atoms with E-state index in [2.05, 4.69) is 54.1 Å². The summed E-state index contributed by atoms with van der Waals surface area (Å²) in [7, 11) is 0. The van der Waals surface area contributed by atoms with Gasteiger partial charge in [0.2, 0.25) is 0 Å². The van der Waals surface area contributed by atoms with E-state index < -0.39 is 0 Å². The molecule has 0 spiro atoms. The van der Waals surface area contributed by atoms with Gasteiger partial charge in [-0.2, -0.15) is 5.26 Å². The van der Waals surface area contributed by atoms with E-state index in [0.717, 1.165) is 41.2 Å². The van der Waals surface area contributed by atoms with Crippen LogP contribution in [0.15, 0.2) is 66.7 Å². The highest BCUT2D eigenvalue weighted by atomic mass is 16.2. The van der Waals surface area contributed by atoms with Crippen LogP contribution in [-0.4, -0.2) is 46.0 Å². The predicted molar refractivity (Wildman–Crippen MR) is 129 cm³/mol. The van der Waals surface area contributed by atoms with Crippen molar-refractivity contribution >= 4 is 16.9 Å². The molecule has 1 N–H and O–H groups in total. The van der Waals surface area contributed by atoms with Gasteiger partial charge in [-0.25, -0.2) is 4.98 Å². The van der Waals surface area contributed by atoms with Crippen molar-refractivity contribution < 1.29 is 4.79 Å². The minimum Gasteiger partial charge on any atom is -0.333 e. The van der Waals surface area contributed by atoms with E-state index in [4.69, 9.17) is 10.2 Å². The second kappa shape index (κ2) is 8.53. The summed E-state index contributed by atoms with van der Waals surface area (Å²) in [6, 6.07) is 23.8. The first-order chi connectivity index (χ1) is 16.0. The van der Waals surface area contributed by atoms with Crippen LogP contribution in [0.3, 0.4) is 0 Å². The fraction of sp³-hybridized carbons (Fsp3) is 0.222.